The molecule has 0 aliphatic rings. The highest BCUT2D eigenvalue weighted by atomic mass is 16.1. The average Bonchev–Trinajstić information content (AvgIpc) is 2.18. The lowest BCUT2D eigenvalue weighted by atomic mass is 10.00. The van der Waals surface area contributed by atoms with Crippen molar-refractivity contribution in [3.63, 3.8) is 0 Å². The van der Waals surface area contributed by atoms with Crippen LogP contribution in [0, 0.1) is 5.92 Å². The molecule has 0 radical (unpaired) electrons. The molecule has 0 bridgehead atoms. The van der Waals surface area contributed by atoms with Gasteiger partial charge in [-0.2, -0.15) is 0 Å². The predicted molar refractivity (Wildman–Crippen MR) is 64.1 cm³/mol. The van der Waals surface area contributed by atoms with Crippen molar-refractivity contribution < 1.29 is 4.79 Å². The minimum absolute atomic E-state index is 0.140. The first-order valence-electron chi connectivity index (χ1n) is 5.36. The van der Waals surface area contributed by atoms with Gasteiger partial charge in [0, 0.05) is 12.0 Å². The van der Waals surface area contributed by atoms with Gasteiger partial charge in [-0.05, 0) is 17.9 Å². The highest BCUT2D eigenvalue weighted by Gasteiger charge is 2.03. The molecule has 0 fully saturated rings. The number of hydrogen-bond acceptors (Lipinski definition) is 1. The fourth-order valence-electron chi connectivity index (χ4n) is 1.55. The first-order valence-corrected chi connectivity index (χ1v) is 5.36. The topological polar surface area (TPSA) is 17.1 Å². The second-order valence-corrected chi connectivity index (χ2v) is 4.21. The van der Waals surface area contributed by atoms with Gasteiger partial charge in [-0.3, -0.25) is 4.79 Å². The van der Waals surface area contributed by atoms with Crippen LogP contribution in [0.1, 0.15) is 36.2 Å². The summed E-state index contributed by atoms with van der Waals surface area (Å²) in [6, 6.07) is 7.89. The molecular formula is C14H18O. The Morgan fingerprint density at radius 2 is 1.93 bits per heavy atom. The molecule has 0 amide bonds. The minimum atomic E-state index is 0.140. The molecule has 1 aromatic carbocycles. The monoisotopic (exact) mass is 202 g/mol. The predicted octanol–water partition coefficient (Wildman–Crippen LogP) is 3.64. The number of ketones is 1. The molecule has 0 aromatic heterocycles. The zero-order valence-corrected chi connectivity index (χ0v) is 9.49. The number of carbonyl (C=O) groups is 1. The van der Waals surface area contributed by atoms with Gasteiger partial charge >= 0.3 is 0 Å². The number of rotatable bonds is 5. The number of benzene rings is 1. The molecule has 1 heteroatoms. The van der Waals surface area contributed by atoms with Crippen LogP contribution in [0.15, 0.2) is 36.9 Å². The quantitative estimate of drug-likeness (QED) is 0.526. The average molecular weight is 202 g/mol. The molecule has 80 valence electrons. The van der Waals surface area contributed by atoms with Gasteiger partial charge in [-0.25, -0.2) is 0 Å². The lowest BCUT2D eigenvalue weighted by molar-refractivity contribution is 0.0996. The summed E-state index contributed by atoms with van der Waals surface area (Å²) in [5, 5.41) is 0. The maximum Gasteiger partial charge on any atom is 0.166 e. The molecule has 0 unspecified atom stereocenters. The third kappa shape index (κ3) is 3.70. The second-order valence-electron chi connectivity index (χ2n) is 4.21. The third-order valence-corrected chi connectivity index (χ3v) is 2.25. The maximum atomic E-state index is 11.5. The zero-order chi connectivity index (χ0) is 11.3. The molecule has 1 rings (SSSR count). The van der Waals surface area contributed by atoms with Gasteiger partial charge in [0.05, 0.1) is 0 Å². The Bertz CT molecular complexity index is 333. The highest BCUT2D eigenvalue weighted by molar-refractivity contribution is 5.96. The van der Waals surface area contributed by atoms with Crippen LogP contribution in [0.5, 0.6) is 0 Å². The summed E-state index contributed by atoms with van der Waals surface area (Å²) in [5.74, 6) is 0.792. The van der Waals surface area contributed by atoms with Crippen molar-refractivity contribution in [1.29, 1.82) is 0 Å². The molecule has 0 atom stereocenters. The van der Waals surface area contributed by atoms with E-state index in [9.17, 15) is 4.79 Å². The summed E-state index contributed by atoms with van der Waals surface area (Å²) in [6.07, 6.45) is 3.13. The van der Waals surface area contributed by atoms with Gasteiger partial charge in [0.1, 0.15) is 0 Å². The number of Topliss-reactive ketones (excluding diaryl/α,β-unsaturated/α-hetero) is 1. The van der Waals surface area contributed by atoms with E-state index in [4.69, 9.17) is 0 Å². The first kappa shape index (κ1) is 11.7. The number of hydrogen-bond donors (Lipinski definition) is 0. The summed E-state index contributed by atoms with van der Waals surface area (Å²) >= 11 is 0. The first-order chi connectivity index (χ1) is 7.13. The smallest absolute Gasteiger partial charge is 0.166 e. The van der Waals surface area contributed by atoms with Gasteiger partial charge in [-0.15, -0.1) is 6.58 Å². The van der Waals surface area contributed by atoms with E-state index in [0.29, 0.717) is 12.3 Å². The standard InChI is InChI=1S/C14H18O/c1-4-5-14(15)13-8-6-12(7-9-13)10-11(2)3/h4,6-9,11H,1,5,10H2,2-3H3. The Morgan fingerprint density at radius 3 is 2.40 bits per heavy atom. The Kier molecular flexibility index (Phi) is 4.29. The lowest BCUT2D eigenvalue weighted by Crippen LogP contribution is -1.98. The highest BCUT2D eigenvalue weighted by Crippen LogP contribution is 2.11. The second kappa shape index (κ2) is 5.50. The van der Waals surface area contributed by atoms with Crippen molar-refractivity contribution in [3.8, 4) is 0 Å². The summed E-state index contributed by atoms with van der Waals surface area (Å²) in [7, 11) is 0. The van der Waals surface area contributed by atoms with Gasteiger partial charge in [-0.1, -0.05) is 44.2 Å². The molecule has 15 heavy (non-hydrogen) atoms. The molecule has 0 saturated carbocycles. The molecule has 0 N–H and O–H groups in total. The Labute approximate surface area is 91.8 Å². The summed E-state index contributed by atoms with van der Waals surface area (Å²) < 4.78 is 0. The van der Waals surface area contributed by atoms with E-state index in [1.165, 1.54) is 5.56 Å². The van der Waals surface area contributed by atoms with E-state index < -0.39 is 0 Å². The van der Waals surface area contributed by atoms with Crippen molar-refractivity contribution >= 4 is 5.78 Å². The van der Waals surface area contributed by atoms with Crippen LogP contribution >= 0.6 is 0 Å². The number of carbonyl (C=O) groups excluding carboxylic acids is 1. The molecule has 0 spiro atoms. The molecular weight excluding hydrogens is 184 g/mol. The summed E-state index contributed by atoms with van der Waals surface area (Å²) in [4.78, 5) is 11.5. The van der Waals surface area contributed by atoms with E-state index in [2.05, 4.69) is 20.4 Å². The van der Waals surface area contributed by atoms with Gasteiger partial charge in [0.25, 0.3) is 0 Å². The van der Waals surface area contributed by atoms with E-state index in [0.717, 1.165) is 12.0 Å². The van der Waals surface area contributed by atoms with E-state index in [1.54, 1.807) is 6.08 Å². The molecule has 0 saturated heterocycles. The van der Waals surface area contributed by atoms with Crippen molar-refractivity contribution in [1.82, 2.24) is 0 Å². The van der Waals surface area contributed by atoms with Crippen molar-refractivity contribution in [2.75, 3.05) is 0 Å². The Balaban J connectivity index is 2.71. The van der Waals surface area contributed by atoms with Gasteiger partial charge in [0.2, 0.25) is 0 Å². The van der Waals surface area contributed by atoms with Crippen LogP contribution in [0.4, 0.5) is 0 Å². The van der Waals surface area contributed by atoms with Crippen LogP contribution in [-0.2, 0) is 6.42 Å². The summed E-state index contributed by atoms with van der Waals surface area (Å²) in [5.41, 5.74) is 2.07. The molecule has 1 nitrogen and oxygen atoms in total. The molecule has 0 aliphatic carbocycles. The molecule has 0 heterocycles. The Morgan fingerprint density at radius 1 is 1.33 bits per heavy atom. The third-order valence-electron chi connectivity index (χ3n) is 2.25. The van der Waals surface area contributed by atoms with Gasteiger partial charge in [0.15, 0.2) is 5.78 Å². The van der Waals surface area contributed by atoms with E-state index >= 15 is 0 Å². The molecule has 1 aromatic rings. The van der Waals surface area contributed by atoms with E-state index in [1.807, 2.05) is 24.3 Å². The fourth-order valence-corrected chi connectivity index (χ4v) is 1.55. The van der Waals surface area contributed by atoms with E-state index in [-0.39, 0.29) is 5.78 Å². The summed E-state index contributed by atoms with van der Waals surface area (Å²) in [6.45, 7) is 7.94. The van der Waals surface area contributed by atoms with Crippen LogP contribution in [0.3, 0.4) is 0 Å². The maximum absolute atomic E-state index is 11.5. The normalized spacial score (nSPS) is 10.3. The largest absolute Gasteiger partial charge is 0.294 e. The van der Waals surface area contributed by atoms with Crippen molar-refractivity contribution in [2.45, 2.75) is 26.7 Å². The van der Waals surface area contributed by atoms with Crippen LogP contribution < -0.4 is 0 Å². The zero-order valence-electron chi connectivity index (χ0n) is 9.49. The molecule has 0 aliphatic heterocycles. The van der Waals surface area contributed by atoms with Gasteiger partial charge < -0.3 is 0 Å². The number of allylic oxidation sites excluding steroid dienone is 1. The van der Waals surface area contributed by atoms with Crippen LogP contribution in [0.25, 0.3) is 0 Å². The van der Waals surface area contributed by atoms with Crippen LogP contribution in [-0.4, -0.2) is 5.78 Å². The van der Waals surface area contributed by atoms with Crippen molar-refractivity contribution in [3.05, 3.63) is 48.0 Å². The SMILES string of the molecule is C=CCC(=O)c1ccc(CC(C)C)cc1. The lowest BCUT2D eigenvalue weighted by Gasteiger charge is -2.05. The van der Waals surface area contributed by atoms with Crippen molar-refractivity contribution in [2.24, 2.45) is 5.92 Å². The van der Waals surface area contributed by atoms with Crippen LogP contribution in [0.2, 0.25) is 0 Å². The minimum Gasteiger partial charge on any atom is -0.294 e. The Hall–Kier alpha value is -1.37. The fraction of sp³-hybridized carbons (Fsp3) is 0.357.